The van der Waals surface area contributed by atoms with Crippen LogP contribution in [-0.2, 0) is 31.4 Å². The van der Waals surface area contributed by atoms with Gasteiger partial charge in [-0.1, -0.05) is 12.1 Å². The van der Waals surface area contributed by atoms with Crippen LogP contribution in [0.25, 0.3) is 0 Å². The zero-order chi connectivity index (χ0) is 20.1. The van der Waals surface area contributed by atoms with Crippen LogP contribution < -0.4 is 4.90 Å². The fourth-order valence-electron chi connectivity index (χ4n) is 4.04. The molecule has 4 rings (SSSR count). The number of thiophene rings is 1. The summed E-state index contributed by atoms with van der Waals surface area (Å²) in [6.07, 6.45) is 1.70. The fraction of sp³-hybridized carbons (Fsp3) is 0.450. The molecule has 0 saturated carbocycles. The van der Waals surface area contributed by atoms with Gasteiger partial charge < -0.3 is 14.7 Å². The molecule has 0 unspecified atom stereocenters. The number of amides is 1. The second kappa shape index (κ2) is 6.95. The quantitative estimate of drug-likeness (QED) is 0.824. The van der Waals surface area contributed by atoms with Crippen LogP contribution in [0.2, 0.25) is 0 Å². The predicted molar refractivity (Wildman–Crippen MR) is 106 cm³/mol. The number of aliphatic hydroxyl groups is 1. The molecule has 0 aliphatic carbocycles. The van der Waals surface area contributed by atoms with Crippen molar-refractivity contribution in [3.8, 4) is 0 Å². The summed E-state index contributed by atoms with van der Waals surface area (Å²) in [6, 6.07) is 6.71. The summed E-state index contributed by atoms with van der Waals surface area (Å²) in [6.45, 7) is 2.34. The summed E-state index contributed by atoms with van der Waals surface area (Å²) in [5, 5.41) is 12.7. The average molecular weight is 422 g/mol. The van der Waals surface area contributed by atoms with Crippen LogP contribution in [0.5, 0.6) is 0 Å². The van der Waals surface area contributed by atoms with Gasteiger partial charge in [-0.3, -0.25) is 4.79 Å². The first-order chi connectivity index (χ1) is 13.2. The summed E-state index contributed by atoms with van der Waals surface area (Å²) in [4.78, 5) is 13.7. The Labute approximate surface area is 168 Å². The summed E-state index contributed by atoms with van der Waals surface area (Å²) >= 11 is 1.11. The molecule has 150 valence electrons. The van der Waals surface area contributed by atoms with Crippen LogP contribution in [0.4, 0.5) is 5.69 Å². The molecule has 2 atom stereocenters. The third-order valence-corrected chi connectivity index (χ3v) is 8.84. The zero-order valence-electron chi connectivity index (χ0n) is 15.8. The number of aryl methyl sites for hydroxylation is 1. The Balaban J connectivity index is 1.75. The molecule has 1 amide bonds. The Morgan fingerprint density at radius 3 is 2.86 bits per heavy atom. The summed E-state index contributed by atoms with van der Waals surface area (Å²) < 4.78 is 32.5. The monoisotopic (exact) mass is 421 g/mol. The van der Waals surface area contributed by atoms with Gasteiger partial charge in [0.05, 0.1) is 28.9 Å². The molecular weight excluding hydrogens is 398 g/mol. The molecular formula is C20H23NO5S2. The minimum absolute atomic E-state index is 0.0838. The van der Waals surface area contributed by atoms with Crippen molar-refractivity contribution >= 4 is 32.8 Å². The number of rotatable bonds is 3. The van der Waals surface area contributed by atoms with E-state index >= 15 is 0 Å². The van der Waals surface area contributed by atoms with Crippen molar-refractivity contribution in [3.63, 3.8) is 0 Å². The Kier molecular flexibility index (Phi) is 4.86. The topological polar surface area (TPSA) is 83.9 Å². The molecule has 1 N–H and O–H groups in total. The number of hydrogen-bond donors (Lipinski definition) is 1. The first kappa shape index (κ1) is 19.6. The standard InChI is InChI=1S/C20H23NO5S2/c1-13-11-20(23,8-9-26-13)15-10-18(27-12-15)28(24,25)16-5-3-4-14-6-7-17(22)21(2)19(14)16/h3-5,10,12-13,23H,6-9,11H2,1-2H3/t13-,20+/m0/s1. The number of carbonyl (C=O) groups is 1. The van der Waals surface area contributed by atoms with Crippen molar-refractivity contribution in [2.45, 2.75) is 53.4 Å². The van der Waals surface area contributed by atoms with E-state index in [1.807, 2.05) is 13.0 Å². The Morgan fingerprint density at radius 2 is 2.11 bits per heavy atom. The van der Waals surface area contributed by atoms with Gasteiger partial charge in [0.1, 0.15) is 4.21 Å². The zero-order valence-corrected chi connectivity index (χ0v) is 17.5. The van der Waals surface area contributed by atoms with Crippen molar-refractivity contribution in [1.29, 1.82) is 0 Å². The maximum atomic E-state index is 13.4. The molecule has 8 heteroatoms. The van der Waals surface area contributed by atoms with Gasteiger partial charge in [-0.2, -0.15) is 0 Å². The van der Waals surface area contributed by atoms with E-state index in [0.717, 1.165) is 16.9 Å². The fourth-order valence-corrected chi connectivity index (χ4v) is 6.96. The molecule has 2 aromatic rings. The van der Waals surface area contributed by atoms with E-state index in [1.54, 1.807) is 30.6 Å². The third kappa shape index (κ3) is 3.18. The average Bonchev–Trinajstić information content (AvgIpc) is 3.16. The molecule has 0 spiro atoms. The van der Waals surface area contributed by atoms with E-state index in [0.29, 0.717) is 43.5 Å². The van der Waals surface area contributed by atoms with Crippen LogP contribution in [0.15, 0.2) is 38.8 Å². The van der Waals surface area contributed by atoms with Crippen molar-refractivity contribution in [1.82, 2.24) is 0 Å². The minimum Gasteiger partial charge on any atom is -0.385 e. The van der Waals surface area contributed by atoms with Gasteiger partial charge >= 0.3 is 0 Å². The molecule has 6 nitrogen and oxygen atoms in total. The van der Waals surface area contributed by atoms with E-state index in [9.17, 15) is 18.3 Å². The maximum absolute atomic E-state index is 13.4. The molecule has 3 heterocycles. The lowest BCUT2D eigenvalue weighted by Crippen LogP contribution is -2.37. The van der Waals surface area contributed by atoms with Gasteiger partial charge in [0.2, 0.25) is 15.7 Å². The van der Waals surface area contributed by atoms with E-state index < -0.39 is 15.4 Å². The van der Waals surface area contributed by atoms with Crippen molar-refractivity contribution in [2.75, 3.05) is 18.6 Å². The van der Waals surface area contributed by atoms with E-state index in [4.69, 9.17) is 4.74 Å². The van der Waals surface area contributed by atoms with Crippen molar-refractivity contribution < 1.29 is 23.1 Å². The smallest absolute Gasteiger partial charge is 0.227 e. The molecule has 1 aromatic carbocycles. The third-order valence-electron chi connectivity index (χ3n) is 5.61. The van der Waals surface area contributed by atoms with E-state index in [2.05, 4.69) is 0 Å². The summed E-state index contributed by atoms with van der Waals surface area (Å²) in [7, 11) is -2.20. The number of fused-ring (bicyclic) bond motifs is 1. The molecule has 28 heavy (non-hydrogen) atoms. The van der Waals surface area contributed by atoms with Crippen molar-refractivity contribution in [2.24, 2.45) is 0 Å². The van der Waals surface area contributed by atoms with Gasteiger partial charge in [0, 0.05) is 26.3 Å². The summed E-state index contributed by atoms with van der Waals surface area (Å²) in [5.74, 6) is -0.0903. The molecule has 1 aromatic heterocycles. The lowest BCUT2D eigenvalue weighted by molar-refractivity contribution is -0.118. The van der Waals surface area contributed by atoms with Crippen LogP contribution in [0.1, 0.15) is 37.3 Å². The number of carbonyl (C=O) groups excluding carboxylic acids is 1. The van der Waals surface area contributed by atoms with Gasteiger partial charge in [0.25, 0.3) is 0 Å². The first-order valence-electron chi connectivity index (χ1n) is 9.29. The normalized spacial score (nSPS) is 25.6. The SMILES string of the molecule is C[C@H]1C[C@@](O)(c2csc(S(=O)(=O)c3cccc4c3N(C)C(=O)CC4)c2)CCO1. The molecule has 0 radical (unpaired) electrons. The molecule has 2 aliphatic heterocycles. The number of nitrogens with zero attached hydrogens (tertiary/aromatic N) is 1. The number of ether oxygens (including phenoxy) is 1. The van der Waals surface area contributed by atoms with Crippen LogP contribution >= 0.6 is 11.3 Å². The van der Waals surface area contributed by atoms with E-state index in [1.165, 1.54) is 4.90 Å². The molecule has 0 bridgehead atoms. The highest BCUT2D eigenvalue weighted by Gasteiger charge is 2.37. The Hall–Kier alpha value is -1.74. The summed E-state index contributed by atoms with van der Waals surface area (Å²) in [5.41, 5.74) is 0.856. The first-order valence-corrected chi connectivity index (χ1v) is 11.7. The number of hydrogen-bond acceptors (Lipinski definition) is 6. The lowest BCUT2D eigenvalue weighted by Gasteiger charge is -2.35. The highest BCUT2D eigenvalue weighted by atomic mass is 32.2. The molecule has 2 aliphatic rings. The number of anilines is 1. The second-order valence-corrected chi connectivity index (χ2v) is 10.6. The van der Waals surface area contributed by atoms with Gasteiger partial charge in [-0.05, 0) is 42.0 Å². The van der Waals surface area contributed by atoms with E-state index in [-0.39, 0.29) is 21.1 Å². The number of sulfone groups is 1. The van der Waals surface area contributed by atoms with Crippen LogP contribution in [0, 0.1) is 0 Å². The maximum Gasteiger partial charge on any atom is 0.227 e. The highest BCUT2D eigenvalue weighted by molar-refractivity contribution is 7.93. The van der Waals surface area contributed by atoms with Crippen molar-refractivity contribution in [3.05, 3.63) is 40.8 Å². The molecule has 1 saturated heterocycles. The second-order valence-electron chi connectivity index (χ2n) is 7.54. The number of para-hydroxylation sites is 1. The van der Waals surface area contributed by atoms with Crippen LogP contribution in [-0.4, -0.2) is 39.2 Å². The Bertz CT molecular complexity index is 1030. The lowest BCUT2D eigenvalue weighted by atomic mass is 9.86. The number of benzene rings is 1. The largest absolute Gasteiger partial charge is 0.385 e. The minimum atomic E-state index is -3.81. The molecule has 1 fully saturated rings. The van der Waals surface area contributed by atoms with Crippen LogP contribution in [0.3, 0.4) is 0 Å². The predicted octanol–water partition coefficient (Wildman–Crippen LogP) is 2.88. The highest BCUT2D eigenvalue weighted by Crippen LogP contribution is 2.41. The van der Waals surface area contributed by atoms with Gasteiger partial charge in [-0.15, -0.1) is 11.3 Å². The Morgan fingerprint density at radius 1 is 1.32 bits per heavy atom. The van der Waals surface area contributed by atoms with Gasteiger partial charge in [-0.25, -0.2) is 8.42 Å². The van der Waals surface area contributed by atoms with Gasteiger partial charge in [0.15, 0.2) is 0 Å².